The number of allylic oxidation sites excluding steroid dienone is 6. The lowest BCUT2D eigenvalue weighted by molar-refractivity contribution is 0.149. The fraction of sp³-hybridized carbons (Fsp3) is 0.667. The van der Waals surface area contributed by atoms with Gasteiger partial charge in [0.1, 0.15) is 0 Å². The van der Waals surface area contributed by atoms with Gasteiger partial charge >= 0.3 is 0 Å². The van der Waals surface area contributed by atoms with Crippen LogP contribution in [0.5, 0.6) is 0 Å². The average Bonchev–Trinajstić information content (AvgIpc) is 2.80. The molecule has 96 valence electrons. The minimum absolute atomic E-state index is 0.532. The van der Waals surface area contributed by atoms with E-state index in [0.29, 0.717) is 5.41 Å². The van der Waals surface area contributed by atoms with Gasteiger partial charge in [0.15, 0.2) is 0 Å². The molecule has 3 atom stereocenters. The zero-order chi connectivity index (χ0) is 12.2. The van der Waals surface area contributed by atoms with Crippen molar-refractivity contribution in [3.8, 4) is 0 Å². The molecule has 4 aliphatic carbocycles. The molecule has 0 nitrogen and oxygen atoms in total. The van der Waals surface area contributed by atoms with E-state index in [-0.39, 0.29) is 0 Å². The van der Waals surface area contributed by atoms with Crippen LogP contribution in [-0.4, -0.2) is 0 Å². The summed E-state index contributed by atoms with van der Waals surface area (Å²) in [5.74, 6) is 1.85. The van der Waals surface area contributed by atoms with Crippen molar-refractivity contribution in [1.82, 2.24) is 0 Å². The zero-order valence-electron chi connectivity index (χ0n) is 11.5. The number of hydrogen-bond acceptors (Lipinski definition) is 0. The molecule has 0 amide bonds. The smallest absolute Gasteiger partial charge is 0.0107 e. The predicted molar refractivity (Wildman–Crippen MR) is 76.3 cm³/mol. The van der Waals surface area contributed by atoms with E-state index in [1.165, 1.54) is 51.4 Å². The summed E-state index contributed by atoms with van der Waals surface area (Å²) in [5.41, 5.74) is 5.97. The minimum Gasteiger partial charge on any atom is -0.0876 e. The minimum atomic E-state index is 0.532. The second-order valence-electron chi connectivity index (χ2n) is 7.02. The third-order valence-corrected chi connectivity index (χ3v) is 6.12. The molecule has 0 aliphatic heterocycles. The van der Waals surface area contributed by atoms with Crippen LogP contribution in [0.3, 0.4) is 0 Å². The summed E-state index contributed by atoms with van der Waals surface area (Å²) >= 11 is 0. The fourth-order valence-corrected chi connectivity index (χ4v) is 5.12. The molecule has 1 saturated carbocycles. The summed E-state index contributed by atoms with van der Waals surface area (Å²) in [4.78, 5) is 0. The van der Waals surface area contributed by atoms with Crippen molar-refractivity contribution < 1.29 is 0 Å². The van der Waals surface area contributed by atoms with E-state index in [2.05, 4.69) is 25.2 Å². The zero-order valence-corrected chi connectivity index (χ0v) is 11.5. The van der Waals surface area contributed by atoms with Gasteiger partial charge in [-0.25, -0.2) is 0 Å². The standard InChI is InChI=1S/C18H24/c1-18-11-4-7-17(18)16-9-8-13-5-2-3-6-14(13)15(16)10-12-18/h4-5,11,16-17H,2-3,6-10,12H2,1H3/t16-,17+,18+/m1/s1. The highest BCUT2D eigenvalue weighted by Gasteiger charge is 2.46. The van der Waals surface area contributed by atoms with Crippen molar-refractivity contribution in [2.45, 2.75) is 58.3 Å². The molecule has 0 aromatic carbocycles. The Labute approximate surface area is 111 Å². The van der Waals surface area contributed by atoms with E-state index in [1.54, 1.807) is 5.57 Å². The molecule has 1 fully saturated rings. The molecule has 0 unspecified atom stereocenters. The van der Waals surface area contributed by atoms with Crippen molar-refractivity contribution in [2.75, 3.05) is 0 Å². The lowest BCUT2D eigenvalue weighted by Crippen LogP contribution is -2.36. The van der Waals surface area contributed by atoms with E-state index in [0.717, 1.165) is 11.8 Å². The molecule has 18 heavy (non-hydrogen) atoms. The summed E-state index contributed by atoms with van der Waals surface area (Å²) in [6.45, 7) is 2.51. The van der Waals surface area contributed by atoms with Gasteiger partial charge in [0.25, 0.3) is 0 Å². The summed E-state index contributed by atoms with van der Waals surface area (Å²) < 4.78 is 0. The van der Waals surface area contributed by atoms with Crippen LogP contribution in [0.4, 0.5) is 0 Å². The van der Waals surface area contributed by atoms with Crippen LogP contribution in [0.25, 0.3) is 0 Å². The molecule has 0 N–H and O–H groups in total. The first-order valence-electron chi connectivity index (χ1n) is 7.87. The quantitative estimate of drug-likeness (QED) is 0.512. The molecule has 0 bridgehead atoms. The first kappa shape index (κ1) is 11.1. The topological polar surface area (TPSA) is 0 Å². The van der Waals surface area contributed by atoms with Gasteiger partial charge in [-0.2, -0.15) is 0 Å². The molecular weight excluding hydrogens is 216 g/mol. The van der Waals surface area contributed by atoms with Gasteiger partial charge < -0.3 is 0 Å². The van der Waals surface area contributed by atoms with Crippen molar-refractivity contribution in [1.29, 1.82) is 0 Å². The van der Waals surface area contributed by atoms with Crippen LogP contribution in [-0.2, 0) is 0 Å². The Bertz CT molecular complexity index is 462. The molecule has 0 aromatic rings. The van der Waals surface area contributed by atoms with Crippen LogP contribution in [0.15, 0.2) is 34.9 Å². The molecule has 0 spiro atoms. The molecule has 0 heteroatoms. The Hall–Kier alpha value is -0.780. The first-order valence-corrected chi connectivity index (χ1v) is 7.87. The van der Waals surface area contributed by atoms with E-state index < -0.39 is 0 Å². The summed E-state index contributed by atoms with van der Waals surface area (Å²) in [6, 6.07) is 0. The van der Waals surface area contributed by atoms with Crippen molar-refractivity contribution in [2.24, 2.45) is 17.3 Å². The van der Waals surface area contributed by atoms with Gasteiger partial charge in [-0.15, -0.1) is 0 Å². The molecule has 0 heterocycles. The lowest BCUT2D eigenvalue weighted by atomic mass is 9.58. The average molecular weight is 240 g/mol. The highest BCUT2D eigenvalue weighted by molar-refractivity contribution is 5.43. The Morgan fingerprint density at radius 3 is 3.11 bits per heavy atom. The Balaban J connectivity index is 1.76. The molecule has 0 saturated heterocycles. The van der Waals surface area contributed by atoms with E-state index in [9.17, 15) is 0 Å². The number of rotatable bonds is 0. The van der Waals surface area contributed by atoms with Crippen LogP contribution >= 0.6 is 0 Å². The molecule has 4 rings (SSSR count). The van der Waals surface area contributed by atoms with Crippen LogP contribution < -0.4 is 0 Å². The highest BCUT2D eigenvalue weighted by atomic mass is 14.5. The summed E-state index contributed by atoms with van der Waals surface area (Å²) in [6.07, 6.45) is 18.6. The Morgan fingerprint density at radius 2 is 2.17 bits per heavy atom. The summed E-state index contributed by atoms with van der Waals surface area (Å²) in [7, 11) is 0. The van der Waals surface area contributed by atoms with Gasteiger partial charge in [0.05, 0.1) is 0 Å². The highest BCUT2D eigenvalue weighted by Crippen LogP contribution is 2.57. The van der Waals surface area contributed by atoms with Crippen molar-refractivity contribution >= 4 is 0 Å². The van der Waals surface area contributed by atoms with E-state index >= 15 is 0 Å². The predicted octanol–water partition coefficient (Wildman–Crippen LogP) is 5.18. The third kappa shape index (κ3) is 1.44. The van der Waals surface area contributed by atoms with Crippen molar-refractivity contribution in [3.05, 3.63) is 34.9 Å². The van der Waals surface area contributed by atoms with Crippen molar-refractivity contribution in [3.63, 3.8) is 0 Å². The maximum atomic E-state index is 2.54. The van der Waals surface area contributed by atoms with Gasteiger partial charge in [-0.1, -0.05) is 30.7 Å². The Kier molecular flexibility index (Phi) is 2.37. The monoisotopic (exact) mass is 240 g/mol. The number of hydrogen-bond donors (Lipinski definition) is 0. The third-order valence-electron chi connectivity index (χ3n) is 6.12. The second kappa shape index (κ2) is 3.85. The maximum absolute atomic E-state index is 2.54. The first-order chi connectivity index (χ1) is 8.78. The van der Waals surface area contributed by atoms with E-state index in [4.69, 9.17) is 0 Å². The SMILES string of the molecule is C[C@@]12C=CC[C@H]1[C@@H]1CCC3=CCCCC3=C1CC2. The lowest BCUT2D eigenvalue weighted by Gasteiger charge is -2.47. The van der Waals surface area contributed by atoms with Gasteiger partial charge in [-0.3, -0.25) is 0 Å². The Morgan fingerprint density at radius 1 is 1.22 bits per heavy atom. The maximum Gasteiger partial charge on any atom is -0.0107 e. The fourth-order valence-electron chi connectivity index (χ4n) is 5.12. The van der Waals surface area contributed by atoms with Gasteiger partial charge in [0.2, 0.25) is 0 Å². The second-order valence-corrected chi connectivity index (χ2v) is 7.02. The van der Waals surface area contributed by atoms with Gasteiger partial charge in [0, 0.05) is 0 Å². The molecule has 0 radical (unpaired) electrons. The van der Waals surface area contributed by atoms with Gasteiger partial charge in [-0.05, 0) is 79.8 Å². The van der Waals surface area contributed by atoms with Crippen LogP contribution in [0.1, 0.15) is 58.3 Å². The van der Waals surface area contributed by atoms with Crippen LogP contribution in [0.2, 0.25) is 0 Å². The molecule has 0 aromatic heterocycles. The number of fused-ring (bicyclic) bond motifs is 4. The summed E-state index contributed by atoms with van der Waals surface area (Å²) in [5, 5.41) is 0. The largest absolute Gasteiger partial charge is 0.0876 e. The molecule has 4 aliphatic rings. The van der Waals surface area contributed by atoms with E-state index in [1.807, 2.05) is 11.1 Å². The molecular formula is C18H24. The van der Waals surface area contributed by atoms with Crippen LogP contribution in [0, 0.1) is 17.3 Å². The normalized spacial score (nSPS) is 42.2.